The van der Waals surface area contributed by atoms with Crippen molar-refractivity contribution in [2.24, 2.45) is 0 Å². The molecular weight excluding hydrogens is 294 g/mol. The topological polar surface area (TPSA) is 65.8 Å². The van der Waals surface area contributed by atoms with Crippen molar-refractivity contribution in [3.8, 4) is 0 Å². The number of aryl methyl sites for hydroxylation is 1. The van der Waals surface area contributed by atoms with E-state index in [0.29, 0.717) is 26.2 Å². The van der Waals surface area contributed by atoms with Crippen LogP contribution >= 0.6 is 0 Å². The minimum atomic E-state index is -0.130. The van der Waals surface area contributed by atoms with Gasteiger partial charge >= 0.3 is 6.03 Å². The van der Waals surface area contributed by atoms with E-state index in [2.05, 4.69) is 5.32 Å². The van der Waals surface area contributed by atoms with Crippen LogP contribution in [0.25, 0.3) is 11.0 Å². The number of urea groups is 1. The fraction of sp³-hybridized carbons (Fsp3) is 0.412. The molecule has 3 amide bonds. The van der Waals surface area contributed by atoms with Gasteiger partial charge in [0.25, 0.3) is 0 Å². The summed E-state index contributed by atoms with van der Waals surface area (Å²) in [5.41, 5.74) is 1.56. The predicted molar refractivity (Wildman–Crippen MR) is 88.4 cm³/mol. The molecule has 0 unspecified atom stereocenters. The Morgan fingerprint density at radius 1 is 1.09 bits per heavy atom. The van der Waals surface area contributed by atoms with Gasteiger partial charge in [0.2, 0.25) is 5.91 Å². The largest absolute Gasteiger partial charge is 0.461 e. The highest BCUT2D eigenvalue weighted by Crippen LogP contribution is 2.22. The first-order chi connectivity index (χ1) is 11.0. The van der Waals surface area contributed by atoms with E-state index in [4.69, 9.17) is 4.42 Å². The molecule has 1 aliphatic heterocycles. The molecule has 2 aromatic rings. The summed E-state index contributed by atoms with van der Waals surface area (Å²) in [5, 5.41) is 3.90. The van der Waals surface area contributed by atoms with Crippen molar-refractivity contribution in [3.63, 3.8) is 0 Å². The van der Waals surface area contributed by atoms with Crippen LogP contribution in [-0.4, -0.2) is 47.9 Å². The fourth-order valence-corrected chi connectivity index (χ4v) is 2.89. The van der Waals surface area contributed by atoms with Gasteiger partial charge in [0.1, 0.15) is 11.3 Å². The maximum absolute atomic E-state index is 12.4. The summed E-state index contributed by atoms with van der Waals surface area (Å²) in [7, 11) is 0. The zero-order chi connectivity index (χ0) is 16.4. The number of anilines is 1. The Hall–Kier alpha value is -2.50. The number of furan rings is 1. The molecule has 1 aromatic carbocycles. The Kier molecular flexibility index (Phi) is 4.23. The summed E-state index contributed by atoms with van der Waals surface area (Å²) in [6, 6.07) is 7.42. The molecule has 1 aromatic heterocycles. The standard InChI is InChI=1S/C17H21N3O3/c1-12-10-14-11-15(4-5-16(14)23-12)18-17(22)20-7-3-6-19(8-9-20)13(2)21/h4-5,10-11H,3,6-9H2,1-2H3,(H,18,22). The molecule has 3 rings (SSSR count). The molecular formula is C17H21N3O3. The molecule has 2 heterocycles. The van der Waals surface area contributed by atoms with Gasteiger partial charge in [0.05, 0.1) is 0 Å². The third-order valence-electron chi connectivity index (χ3n) is 4.12. The minimum absolute atomic E-state index is 0.0630. The predicted octanol–water partition coefficient (Wildman–Crippen LogP) is 2.83. The molecule has 1 fully saturated rings. The summed E-state index contributed by atoms with van der Waals surface area (Å²) in [6.45, 7) is 5.97. The van der Waals surface area contributed by atoms with Crippen LogP contribution in [0.1, 0.15) is 19.1 Å². The maximum atomic E-state index is 12.4. The van der Waals surface area contributed by atoms with Gasteiger partial charge in [-0.3, -0.25) is 4.79 Å². The van der Waals surface area contributed by atoms with E-state index in [1.54, 1.807) is 16.7 Å². The third kappa shape index (κ3) is 3.47. The Bertz CT molecular complexity index is 738. The van der Waals surface area contributed by atoms with Crippen molar-refractivity contribution in [3.05, 3.63) is 30.0 Å². The first kappa shape index (κ1) is 15.4. The molecule has 0 atom stereocenters. The zero-order valence-corrected chi connectivity index (χ0v) is 13.5. The number of hydrogen-bond acceptors (Lipinski definition) is 3. The number of nitrogens with zero attached hydrogens (tertiary/aromatic N) is 2. The highest BCUT2D eigenvalue weighted by atomic mass is 16.3. The number of carbonyl (C=O) groups is 2. The van der Waals surface area contributed by atoms with Crippen LogP contribution in [0.15, 0.2) is 28.7 Å². The average molecular weight is 315 g/mol. The second-order valence-corrected chi connectivity index (χ2v) is 5.89. The van der Waals surface area contributed by atoms with Crippen molar-refractivity contribution in [2.75, 3.05) is 31.5 Å². The number of hydrogen-bond donors (Lipinski definition) is 1. The molecule has 1 aliphatic rings. The maximum Gasteiger partial charge on any atom is 0.321 e. The van der Waals surface area contributed by atoms with Gasteiger partial charge in [0.15, 0.2) is 0 Å². The molecule has 0 radical (unpaired) electrons. The number of nitrogens with one attached hydrogen (secondary N) is 1. The van der Waals surface area contributed by atoms with Crippen LogP contribution in [0.3, 0.4) is 0 Å². The van der Waals surface area contributed by atoms with Crippen molar-refractivity contribution in [1.29, 1.82) is 0 Å². The molecule has 1 N–H and O–H groups in total. The molecule has 6 nitrogen and oxygen atoms in total. The van der Waals surface area contributed by atoms with Gasteiger partial charge in [-0.1, -0.05) is 0 Å². The summed E-state index contributed by atoms with van der Waals surface area (Å²) in [4.78, 5) is 27.4. The van der Waals surface area contributed by atoms with Gasteiger partial charge in [-0.15, -0.1) is 0 Å². The lowest BCUT2D eigenvalue weighted by molar-refractivity contribution is -0.128. The molecule has 0 spiro atoms. The van der Waals surface area contributed by atoms with E-state index in [0.717, 1.165) is 28.8 Å². The van der Waals surface area contributed by atoms with Gasteiger partial charge in [-0.05, 0) is 37.6 Å². The molecule has 0 aliphatic carbocycles. The lowest BCUT2D eigenvalue weighted by Crippen LogP contribution is -2.38. The highest BCUT2D eigenvalue weighted by molar-refractivity contribution is 5.92. The van der Waals surface area contributed by atoms with E-state index < -0.39 is 0 Å². The Morgan fingerprint density at radius 3 is 2.61 bits per heavy atom. The van der Waals surface area contributed by atoms with E-state index >= 15 is 0 Å². The van der Waals surface area contributed by atoms with E-state index in [1.165, 1.54) is 0 Å². The first-order valence-corrected chi connectivity index (χ1v) is 7.84. The molecule has 122 valence electrons. The van der Waals surface area contributed by atoms with Crippen LogP contribution < -0.4 is 5.32 Å². The Balaban J connectivity index is 1.66. The number of carbonyl (C=O) groups excluding carboxylic acids is 2. The second-order valence-electron chi connectivity index (χ2n) is 5.89. The number of rotatable bonds is 1. The Morgan fingerprint density at radius 2 is 1.83 bits per heavy atom. The monoisotopic (exact) mass is 315 g/mol. The minimum Gasteiger partial charge on any atom is -0.461 e. The van der Waals surface area contributed by atoms with Crippen molar-refractivity contribution in [2.45, 2.75) is 20.3 Å². The van der Waals surface area contributed by atoms with Crippen molar-refractivity contribution >= 4 is 28.6 Å². The Labute approximate surface area is 135 Å². The van der Waals surface area contributed by atoms with Crippen LogP contribution in [0.4, 0.5) is 10.5 Å². The number of fused-ring (bicyclic) bond motifs is 1. The SMILES string of the molecule is CC(=O)N1CCCN(C(=O)Nc2ccc3oc(C)cc3c2)CC1. The summed E-state index contributed by atoms with van der Waals surface area (Å²) >= 11 is 0. The smallest absolute Gasteiger partial charge is 0.321 e. The zero-order valence-electron chi connectivity index (χ0n) is 13.5. The highest BCUT2D eigenvalue weighted by Gasteiger charge is 2.20. The van der Waals surface area contributed by atoms with Gasteiger partial charge in [0, 0.05) is 44.2 Å². The molecule has 0 bridgehead atoms. The summed E-state index contributed by atoms with van der Waals surface area (Å²) in [6.07, 6.45) is 0.799. The molecule has 6 heteroatoms. The van der Waals surface area contributed by atoms with E-state index in [1.807, 2.05) is 31.2 Å². The lowest BCUT2D eigenvalue weighted by Gasteiger charge is -2.21. The molecule has 0 saturated carbocycles. The van der Waals surface area contributed by atoms with Crippen LogP contribution in [0, 0.1) is 6.92 Å². The lowest BCUT2D eigenvalue weighted by atomic mass is 10.2. The van der Waals surface area contributed by atoms with Crippen LogP contribution in [-0.2, 0) is 4.79 Å². The molecule has 1 saturated heterocycles. The summed E-state index contributed by atoms with van der Waals surface area (Å²) in [5.74, 6) is 0.911. The van der Waals surface area contributed by atoms with Crippen molar-refractivity contribution < 1.29 is 14.0 Å². The average Bonchev–Trinajstić information content (AvgIpc) is 2.72. The number of benzene rings is 1. The third-order valence-corrected chi connectivity index (χ3v) is 4.12. The van der Waals surface area contributed by atoms with Gasteiger partial charge in [-0.25, -0.2) is 4.79 Å². The van der Waals surface area contributed by atoms with Gasteiger partial charge in [-0.2, -0.15) is 0 Å². The number of amides is 3. The first-order valence-electron chi connectivity index (χ1n) is 7.84. The fourth-order valence-electron chi connectivity index (χ4n) is 2.89. The van der Waals surface area contributed by atoms with Crippen LogP contribution in [0.2, 0.25) is 0 Å². The van der Waals surface area contributed by atoms with Crippen molar-refractivity contribution in [1.82, 2.24) is 9.80 Å². The quantitative estimate of drug-likeness (QED) is 0.880. The van der Waals surface area contributed by atoms with E-state index in [-0.39, 0.29) is 11.9 Å². The normalized spacial score (nSPS) is 15.6. The van der Waals surface area contributed by atoms with E-state index in [9.17, 15) is 9.59 Å². The van der Waals surface area contributed by atoms with Gasteiger partial charge < -0.3 is 19.5 Å². The van der Waals surface area contributed by atoms with Crippen LogP contribution in [0.5, 0.6) is 0 Å². The second kappa shape index (κ2) is 6.32. The summed E-state index contributed by atoms with van der Waals surface area (Å²) < 4.78 is 5.53. The molecule has 23 heavy (non-hydrogen) atoms.